The van der Waals surface area contributed by atoms with Crippen LogP contribution < -0.4 is 10.2 Å². The largest absolute Gasteiger partial charge is 0.367 e. The van der Waals surface area contributed by atoms with Crippen LogP contribution >= 0.6 is 0 Å². The van der Waals surface area contributed by atoms with Crippen LogP contribution in [0.4, 0.5) is 16.2 Å². The number of carbonyl (C=O) groups is 1. The van der Waals surface area contributed by atoms with Crippen molar-refractivity contribution >= 4 is 27.4 Å². The van der Waals surface area contributed by atoms with E-state index in [0.717, 1.165) is 44.1 Å². The molecule has 10 heteroatoms. The van der Waals surface area contributed by atoms with Gasteiger partial charge in [0, 0.05) is 64.8 Å². The Morgan fingerprint density at radius 3 is 2.34 bits per heavy atom. The summed E-state index contributed by atoms with van der Waals surface area (Å²) in [5.41, 5.74) is 1.81. The molecule has 4 rings (SSSR count). The van der Waals surface area contributed by atoms with E-state index in [4.69, 9.17) is 0 Å². The number of nitrogens with one attached hydrogen (secondary N) is 1. The summed E-state index contributed by atoms with van der Waals surface area (Å²) in [4.78, 5) is 23.4. The van der Waals surface area contributed by atoms with Crippen LogP contribution in [0.5, 0.6) is 0 Å². The van der Waals surface area contributed by atoms with E-state index in [2.05, 4.69) is 27.0 Å². The molecule has 2 amide bonds. The van der Waals surface area contributed by atoms with Crippen molar-refractivity contribution in [1.29, 1.82) is 0 Å². The minimum Gasteiger partial charge on any atom is -0.367 e. The van der Waals surface area contributed by atoms with Crippen LogP contribution in [0.1, 0.15) is 6.92 Å². The molecule has 3 heterocycles. The Morgan fingerprint density at radius 2 is 1.69 bits per heavy atom. The topological polar surface area (TPSA) is 89.1 Å². The normalized spacial score (nSPS) is 18.5. The van der Waals surface area contributed by atoms with E-state index < -0.39 is 10.0 Å². The standard InChI is InChI=1S/C22H30N6O3S/c1-2-25-10-12-26(13-11-25)21-8-4-3-7-20(21)24-22(29)27-14-16-28(17-15-27)32(30,31)19-6-5-9-23-18-19/h3-9,18H,2,10-17H2,1H3,(H,24,29). The van der Waals surface area contributed by atoms with Gasteiger partial charge in [0.05, 0.1) is 11.4 Å². The van der Waals surface area contributed by atoms with Crippen molar-refractivity contribution in [1.82, 2.24) is 19.1 Å². The lowest BCUT2D eigenvalue weighted by Crippen LogP contribution is -2.51. The van der Waals surface area contributed by atoms with Gasteiger partial charge in [0.2, 0.25) is 10.0 Å². The Kier molecular flexibility index (Phi) is 6.92. The maximum Gasteiger partial charge on any atom is 0.321 e. The molecule has 0 aliphatic carbocycles. The predicted octanol–water partition coefficient (Wildman–Crippen LogP) is 1.76. The monoisotopic (exact) mass is 458 g/mol. The highest BCUT2D eigenvalue weighted by Gasteiger charge is 2.30. The first-order valence-corrected chi connectivity index (χ1v) is 12.5. The Bertz CT molecular complexity index is 1020. The van der Waals surface area contributed by atoms with Gasteiger partial charge in [-0.3, -0.25) is 4.98 Å². The van der Waals surface area contributed by atoms with Gasteiger partial charge in [-0.2, -0.15) is 4.31 Å². The van der Waals surface area contributed by atoms with Crippen molar-refractivity contribution in [2.45, 2.75) is 11.8 Å². The van der Waals surface area contributed by atoms with Gasteiger partial charge in [-0.1, -0.05) is 19.1 Å². The van der Waals surface area contributed by atoms with Crippen LogP contribution in [0.25, 0.3) is 0 Å². The van der Waals surface area contributed by atoms with Crippen molar-refractivity contribution < 1.29 is 13.2 Å². The molecule has 0 spiro atoms. The Morgan fingerprint density at radius 1 is 0.969 bits per heavy atom. The number of nitrogens with zero attached hydrogens (tertiary/aromatic N) is 5. The van der Waals surface area contributed by atoms with E-state index in [1.54, 1.807) is 23.2 Å². The number of pyridine rings is 1. The zero-order chi connectivity index (χ0) is 22.6. The van der Waals surface area contributed by atoms with Gasteiger partial charge in [-0.25, -0.2) is 13.2 Å². The van der Waals surface area contributed by atoms with Crippen LogP contribution in [-0.2, 0) is 10.0 Å². The van der Waals surface area contributed by atoms with Gasteiger partial charge in [-0.05, 0) is 30.8 Å². The minimum absolute atomic E-state index is 0.176. The Balaban J connectivity index is 1.37. The average molecular weight is 459 g/mol. The van der Waals surface area contributed by atoms with Crippen molar-refractivity contribution in [3.05, 3.63) is 48.8 Å². The fourth-order valence-corrected chi connectivity index (χ4v) is 5.52. The number of amides is 2. The van der Waals surface area contributed by atoms with E-state index in [1.165, 1.54) is 10.5 Å². The Hall–Kier alpha value is -2.69. The lowest BCUT2D eigenvalue weighted by atomic mass is 10.2. The lowest BCUT2D eigenvalue weighted by molar-refractivity contribution is 0.184. The summed E-state index contributed by atoms with van der Waals surface area (Å²) in [6.45, 7) is 8.26. The minimum atomic E-state index is -3.60. The number of sulfonamides is 1. The number of piperazine rings is 2. The number of likely N-dealkylation sites (N-methyl/N-ethyl adjacent to an activating group) is 1. The summed E-state index contributed by atoms with van der Waals surface area (Å²) in [7, 11) is -3.60. The van der Waals surface area contributed by atoms with Gasteiger partial charge in [-0.15, -0.1) is 0 Å². The fraction of sp³-hybridized carbons (Fsp3) is 0.455. The zero-order valence-electron chi connectivity index (χ0n) is 18.4. The first kappa shape index (κ1) is 22.5. The number of carbonyl (C=O) groups excluding carboxylic acids is 1. The molecule has 2 aliphatic rings. The average Bonchev–Trinajstić information content (AvgIpc) is 2.85. The maximum absolute atomic E-state index is 12.9. The molecule has 1 N–H and O–H groups in total. The summed E-state index contributed by atoms with van der Waals surface area (Å²) in [6.07, 6.45) is 2.90. The van der Waals surface area contributed by atoms with E-state index in [1.807, 2.05) is 24.3 Å². The highest BCUT2D eigenvalue weighted by Crippen LogP contribution is 2.27. The molecule has 2 aliphatic heterocycles. The summed E-state index contributed by atoms with van der Waals surface area (Å²) in [6, 6.07) is 10.8. The number of rotatable bonds is 5. The molecule has 0 saturated carbocycles. The highest BCUT2D eigenvalue weighted by atomic mass is 32.2. The van der Waals surface area contributed by atoms with Crippen LogP contribution in [0, 0.1) is 0 Å². The third-order valence-electron chi connectivity index (χ3n) is 6.10. The van der Waals surface area contributed by atoms with Crippen LogP contribution in [0.2, 0.25) is 0 Å². The summed E-state index contributed by atoms with van der Waals surface area (Å²) in [5, 5.41) is 3.04. The number of aromatic nitrogens is 1. The molecule has 0 unspecified atom stereocenters. The van der Waals surface area contributed by atoms with Gasteiger partial charge >= 0.3 is 6.03 Å². The number of urea groups is 1. The number of hydrogen-bond acceptors (Lipinski definition) is 6. The quantitative estimate of drug-likeness (QED) is 0.735. The summed E-state index contributed by atoms with van der Waals surface area (Å²) < 4.78 is 27.0. The molecule has 2 fully saturated rings. The second kappa shape index (κ2) is 9.85. The predicted molar refractivity (Wildman–Crippen MR) is 124 cm³/mol. The smallest absolute Gasteiger partial charge is 0.321 e. The SMILES string of the molecule is CCN1CCN(c2ccccc2NC(=O)N2CCN(S(=O)(=O)c3cccnc3)CC2)CC1. The number of benzene rings is 1. The van der Waals surface area contributed by atoms with E-state index in [9.17, 15) is 13.2 Å². The second-order valence-electron chi connectivity index (χ2n) is 7.95. The molecule has 0 bridgehead atoms. The van der Waals surface area contributed by atoms with Gasteiger partial charge < -0.3 is 20.0 Å². The van der Waals surface area contributed by atoms with Gasteiger partial charge in [0.15, 0.2) is 0 Å². The van der Waals surface area contributed by atoms with Crippen LogP contribution in [0.15, 0.2) is 53.7 Å². The molecule has 1 aromatic heterocycles. The molecule has 2 saturated heterocycles. The molecule has 172 valence electrons. The van der Waals surface area contributed by atoms with Gasteiger partial charge in [0.1, 0.15) is 4.90 Å². The number of para-hydroxylation sites is 2. The van der Waals surface area contributed by atoms with E-state index in [0.29, 0.717) is 13.1 Å². The van der Waals surface area contributed by atoms with E-state index in [-0.39, 0.29) is 24.0 Å². The third-order valence-corrected chi connectivity index (χ3v) is 7.99. The molecule has 0 radical (unpaired) electrons. The Labute approximate surface area is 189 Å². The van der Waals surface area contributed by atoms with Crippen LogP contribution in [0.3, 0.4) is 0 Å². The molecule has 9 nitrogen and oxygen atoms in total. The fourth-order valence-electron chi connectivity index (χ4n) is 4.13. The first-order chi connectivity index (χ1) is 15.5. The lowest BCUT2D eigenvalue weighted by Gasteiger charge is -2.37. The molecule has 1 aromatic carbocycles. The number of anilines is 2. The molecule has 0 atom stereocenters. The highest BCUT2D eigenvalue weighted by molar-refractivity contribution is 7.89. The van der Waals surface area contributed by atoms with Crippen molar-refractivity contribution in [3.8, 4) is 0 Å². The van der Waals surface area contributed by atoms with Crippen LogP contribution in [-0.4, -0.2) is 92.4 Å². The first-order valence-electron chi connectivity index (χ1n) is 11.0. The molecule has 32 heavy (non-hydrogen) atoms. The van der Waals surface area contributed by atoms with E-state index >= 15 is 0 Å². The zero-order valence-corrected chi connectivity index (χ0v) is 19.2. The third kappa shape index (κ3) is 4.87. The molecular formula is C22H30N6O3S. The molecular weight excluding hydrogens is 428 g/mol. The maximum atomic E-state index is 12.9. The van der Waals surface area contributed by atoms with Gasteiger partial charge in [0.25, 0.3) is 0 Å². The van der Waals surface area contributed by atoms with Crippen molar-refractivity contribution in [2.24, 2.45) is 0 Å². The van der Waals surface area contributed by atoms with Crippen molar-refractivity contribution in [3.63, 3.8) is 0 Å². The summed E-state index contributed by atoms with van der Waals surface area (Å²) in [5.74, 6) is 0. The second-order valence-corrected chi connectivity index (χ2v) is 9.89. The molecule has 2 aromatic rings. The number of hydrogen-bond donors (Lipinski definition) is 1. The summed E-state index contributed by atoms with van der Waals surface area (Å²) >= 11 is 0. The van der Waals surface area contributed by atoms with Crippen molar-refractivity contribution in [2.75, 3.05) is 69.1 Å².